The molecule has 0 radical (unpaired) electrons. The van der Waals surface area contributed by atoms with Gasteiger partial charge in [-0.15, -0.1) is 0 Å². The summed E-state index contributed by atoms with van der Waals surface area (Å²) in [5, 5.41) is 24.3. The SMILES string of the molecule is CC(F)(F)C(=O)NC(C(=O)N1C[C@H]2[C@@H]([C@H]1C(=O)NC(C#N)c1nncc3ccccc13)C2(C)C)C(C)(C)C. The first-order valence-corrected chi connectivity index (χ1v) is 12.5. The lowest BCUT2D eigenvalue weighted by Crippen LogP contribution is -2.60. The summed E-state index contributed by atoms with van der Waals surface area (Å²) in [5.74, 6) is -6.56. The van der Waals surface area contributed by atoms with E-state index in [-0.39, 0.29) is 29.5 Å². The molecule has 1 aromatic heterocycles. The summed E-state index contributed by atoms with van der Waals surface area (Å²) >= 11 is 0. The lowest BCUT2D eigenvalue weighted by atomic mass is 9.85. The van der Waals surface area contributed by atoms with Crippen LogP contribution in [-0.4, -0.2) is 57.4 Å². The molecule has 1 saturated heterocycles. The van der Waals surface area contributed by atoms with E-state index in [2.05, 4.69) is 26.9 Å². The third-order valence-corrected chi connectivity index (χ3v) is 7.84. The van der Waals surface area contributed by atoms with Gasteiger partial charge >= 0.3 is 5.92 Å². The molecule has 9 nitrogen and oxygen atoms in total. The second-order valence-corrected chi connectivity index (χ2v) is 11.9. The molecular weight excluding hydrogens is 494 g/mol. The summed E-state index contributed by atoms with van der Waals surface area (Å²) in [6, 6.07) is 5.93. The van der Waals surface area contributed by atoms with Crippen LogP contribution in [0.1, 0.15) is 53.3 Å². The van der Waals surface area contributed by atoms with Gasteiger partial charge in [0, 0.05) is 24.2 Å². The number of piperidine rings is 1. The molecule has 4 rings (SSSR count). The third kappa shape index (κ3) is 4.79. The highest BCUT2D eigenvalue weighted by molar-refractivity contribution is 5.95. The fraction of sp³-hybridized carbons (Fsp3) is 0.556. The highest BCUT2D eigenvalue weighted by Crippen LogP contribution is 2.65. The van der Waals surface area contributed by atoms with Crippen LogP contribution in [0.3, 0.4) is 0 Å². The number of carbonyl (C=O) groups is 3. The fourth-order valence-corrected chi connectivity index (χ4v) is 5.54. The number of nitriles is 1. The number of aromatic nitrogens is 2. The molecule has 11 heteroatoms. The number of hydrogen-bond donors (Lipinski definition) is 2. The van der Waals surface area contributed by atoms with E-state index >= 15 is 0 Å². The summed E-state index contributed by atoms with van der Waals surface area (Å²) in [7, 11) is 0. The van der Waals surface area contributed by atoms with E-state index in [0.717, 1.165) is 5.39 Å². The zero-order valence-electron chi connectivity index (χ0n) is 22.3. The number of likely N-dealkylation sites (tertiary alicyclic amines) is 1. The first-order valence-electron chi connectivity index (χ1n) is 12.5. The Morgan fingerprint density at radius 2 is 1.82 bits per heavy atom. The van der Waals surface area contributed by atoms with Gasteiger partial charge in [0.25, 0.3) is 5.91 Å². The molecule has 2 N–H and O–H groups in total. The number of alkyl halides is 2. The normalized spacial score (nSPS) is 23.7. The maximum Gasteiger partial charge on any atom is 0.321 e. The van der Waals surface area contributed by atoms with E-state index in [4.69, 9.17) is 0 Å². The van der Waals surface area contributed by atoms with Gasteiger partial charge in [0.2, 0.25) is 11.8 Å². The van der Waals surface area contributed by atoms with Crippen molar-refractivity contribution in [2.45, 2.75) is 65.6 Å². The van der Waals surface area contributed by atoms with Crippen molar-refractivity contribution >= 4 is 28.5 Å². The van der Waals surface area contributed by atoms with Crippen molar-refractivity contribution in [2.24, 2.45) is 22.7 Å². The minimum absolute atomic E-state index is 0.0176. The van der Waals surface area contributed by atoms with Crippen LogP contribution in [0.2, 0.25) is 0 Å². The van der Waals surface area contributed by atoms with Crippen LogP contribution in [0.4, 0.5) is 8.78 Å². The largest absolute Gasteiger partial charge is 0.339 e. The van der Waals surface area contributed by atoms with Crippen molar-refractivity contribution in [1.29, 1.82) is 5.26 Å². The van der Waals surface area contributed by atoms with Crippen molar-refractivity contribution in [3.8, 4) is 6.07 Å². The molecule has 1 saturated carbocycles. The Morgan fingerprint density at radius 1 is 1.16 bits per heavy atom. The van der Waals surface area contributed by atoms with Crippen LogP contribution < -0.4 is 10.6 Å². The standard InChI is InChI=1S/C27H32F2N6O3/c1-25(2,3)21(33-24(38)27(6,28)29)23(37)35-13-16-18(26(16,4)5)20(35)22(36)32-17(11-30)19-15-10-8-7-9-14(15)12-31-34-19/h7-10,12,16-18,20-21H,13H2,1-6H3,(H,32,36)(H,33,38)/t16-,17?,18-,20-,21?/m0/s1. The van der Waals surface area contributed by atoms with Crippen molar-refractivity contribution in [3.05, 3.63) is 36.2 Å². The second kappa shape index (κ2) is 9.26. The first-order chi connectivity index (χ1) is 17.6. The molecule has 1 aliphatic carbocycles. The van der Waals surface area contributed by atoms with Crippen molar-refractivity contribution in [3.63, 3.8) is 0 Å². The minimum atomic E-state index is -3.67. The Hall–Kier alpha value is -3.68. The zero-order valence-corrected chi connectivity index (χ0v) is 22.3. The number of amides is 3. The van der Waals surface area contributed by atoms with E-state index < -0.39 is 47.2 Å². The van der Waals surface area contributed by atoms with Gasteiger partial charge in [-0.3, -0.25) is 14.4 Å². The third-order valence-electron chi connectivity index (χ3n) is 7.84. The maximum absolute atomic E-state index is 13.7. The van der Waals surface area contributed by atoms with Crippen LogP contribution in [0.15, 0.2) is 30.5 Å². The van der Waals surface area contributed by atoms with E-state index in [1.54, 1.807) is 39.1 Å². The molecule has 2 aliphatic rings. The van der Waals surface area contributed by atoms with E-state index in [9.17, 15) is 28.4 Å². The highest BCUT2D eigenvalue weighted by atomic mass is 19.3. The number of halogens is 2. The Labute approximate surface area is 220 Å². The predicted octanol–water partition coefficient (Wildman–Crippen LogP) is 2.98. The van der Waals surface area contributed by atoms with Gasteiger partial charge < -0.3 is 15.5 Å². The summed E-state index contributed by atoms with van der Waals surface area (Å²) in [4.78, 5) is 40.9. The molecule has 2 fully saturated rings. The molecule has 5 atom stereocenters. The number of nitrogens with zero attached hydrogens (tertiary/aromatic N) is 4. The number of nitrogens with one attached hydrogen (secondary N) is 2. The van der Waals surface area contributed by atoms with Gasteiger partial charge in [0.15, 0.2) is 6.04 Å². The Bertz CT molecular complexity index is 1320. The summed E-state index contributed by atoms with van der Waals surface area (Å²) in [6.07, 6.45) is 1.56. The van der Waals surface area contributed by atoms with Gasteiger partial charge in [0.1, 0.15) is 17.8 Å². The summed E-state index contributed by atoms with van der Waals surface area (Å²) in [5.41, 5.74) is -0.849. The van der Waals surface area contributed by atoms with Crippen LogP contribution in [0.25, 0.3) is 10.8 Å². The van der Waals surface area contributed by atoms with Gasteiger partial charge in [0.05, 0.1) is 12.3 Å². The van der Waals surface area contributed by atoms with Crippen molar-refractivity contribution in [2.75, 3.05) is 6.54 Å². The van der Waals surface area contributed by atoms with Gasteiger partial charge in [-0.2, -0.15) is 24.2 Å². The van der Waals surface area contributed by atoms with Crippen LogP contribution >= 0.6 is 0 Å². The first kappa shape index (κ1) is 27.4. The van der Waals surface area contributed by atoms with Gasteiger partial charge in [-0.25, -0.2) is 0 Å². The van der Waals surface area contributed by atoms with E-state index in [0.29, 0.717) is 12.3 Å². The number of carbonyl (C=O) groups excluding carboxylic acids is 3. The number of rotatable bonds is 6. The average Bonchev–Trinajstić information content (AvgIpc) is 3.16. The maximum atomic E-state index is 13.7. The molecule has 0 spiro atoms. The van der Waals surface area contributed by atoms with Crippen molar-refractivity contribution < 1.29 is 23.2 Å². The van der Waals surface area contributed by atoms with Crippen molar-refractivity contribution in [1.82, 2.24) is 25.7 Å². The lowest BCUT2D eigenvalue weighted by molar-refractivity contribution is -0.151. The molecule has 0 bridgehead atoms. The Morgan fingerprint density at radius 3 is 2.42 bits per heavy atom. The lowest BCUT2D eigenvalue weighted by Gasteiger charge is -2.38. The van der Waals surface area contributed by atoms with Gasteiger partial charge in [-0.1, -0.05) is 58.9 Å². The molecule has 2 heterocycles. The summed E-state index contributed by atoms with van der Waals surface area (Å²) < 4.78 is 27.4. The molecule has 2 aromatic rings. The van der Waals surface area contributed by atoms with Gasteiger partial charge in [-0.05, 0) is 22.7 Å². The number of hydrogen-bond acceptors (Lipinski definition) is 6. The highest BCUT2D eigenvalue weighted by Gasteiger charge is 2.70. The zero-order chi connectivity index (χ0) is 28.2. The average molecular weight is 527 g/mol. The fourth-order valence-electron chi connectivity index (χ4n) is 5.54. The molecule has 3 amide bonds. The minimum Gasteiger partial charge on any atom is -0.339 e. The molecule has 2 unspecified atom stereocenters. The van der Waals surface area contributed by atoms with Crippen LogP contribution in [0.5, 0.6) is 0 Å². The molecule has 1 aromatic carbocycles. The molecule has 202 valence electrons. The number of fused-ring (bicyclic) bond motifs is 2. The monoisotopic (exact) mass is 526 g/mol. The Balaban J connectivity index is 1.63. The molecule has 1 aliphatic heterocycles. The van der Waals surface area contributed by atoms with E-state index in [1.807, 2.05) is 26.0 Å². The molecular formula is C27H32F2N6O3. The quantitative estimate of drug-likeness (QED) is 0.596. The van der Waals surface area contributed by atoms with Crippen LogP contribution in [-0.2, 0) is 14.4 Å². The number of benzene rings is 1. The molecule has 38 heavy (non-hydrogen) atoms. The second-order valence-electron chi connectivity index (χ2n) is 11.9. The predicted molar refractivity (Wildman–Crippen MR) is 134 cm³/mol. The van der Waals surface area contributed by atoms with E-state index in [1.165, 1.54) is 4.90 Å². The Kier molecular flexibility index (Phi) is 6.66. The topological polar surface area (TPSA) is 128 Å². The van der Waals surface area contributed by atoms with Crippen LogP contribution in [0, 0.1) is 34.0 Å². The smallest absolute Gasteiger partial charge is 0.321 e. The summed E-state index contributed by atoms with van der Waals surface area (Å²) in [6.45, 7) is 9.69.